The van der Waals surface area contributed by atoms with Gasteiger partial charge in [0, 0.05) is 49.8 Å². The van der Waals surface area contributed by atoms with Gasteiger partial charge in [0.25, 0.3) is 0 Å². The number of ketones is 1. The van der Waals surface area contributed by atoms with E-state index in [1.807, 2.05) is 66.7 Å². The van der Waals surface area contributed by atoms with Crippen LogP contribution in [-0.4, -0.2) is 56.5 Å². The highest BCUT2D eigenvalue weighted by atomic mass is 16.2. The Balaban J connectivity index is 1.19. The Bertz CT molecular complexity index is 1630. The number of carbonyl (C=O) groups excluding carboxylic acids is 4. The van der Waals surface area contributed by atoms with Gasteiger partial charge in [-0.15, -0.1) is 0 Å². The Hall–Kier alpha value is -5.84. The third-order valence-electron chi connectivity index (χ3n) is 7.09. The van der Waals surface area contributed by atoms with E-state index < -0.39 is 17.9 Å². The summed E-state index contributed by atoms with van der Waals surface area (Å²) in [5.41, 5.74) is 5.08. The SMILES string of the molecule is O=C(NCCNC(=O)C1C=CC=CC1=O)Nc1ccc(NCCNC(=O)Nc2ccccc2)c(N2CC=Cc3ccccc32)c1. The predicted molar refractivity (Wildman–Crippen MR) is 178 cm³/mol. The molecule has 11 heteroatoms. The number of para-hydroxylation sites is 2. The number of urea groups is 2. The molecule has 11 nitrogen and oxygen atoms in total. The quantitative estimate of drug-likeness (QED) is 0.139. The summed E-state index contributed by atoms with van der Waals surface area (Å²) in [6, 6.07) is 22.2. The van der Waals surface area contributed by atoms with Crippen molar-refractivity contribution in [1.82, 2.24) is 16.0 Å². The summed E-state index contributed by atoms with van der Waals surface area (Å²) in [6.45, 7) is 1.84. The van der Waals surface area contributed by atoms with Gasteiger partial charge in [0.1, 0.15) is 5.92 Å². The zero-order chi connectivity index (χ0) is 31.4. The molecule has 5 rings (SSSR count). The van der Waals surface area contributed by atoms with Crippen LogP contribution in [0.3, 0.4) is 0 Å². The van der Waals surface area contributed by atoms with Crippen LogP contribution in [0.4, 0.5) is 38.0 Å². The van der Waals surface area contributed by atoms with Crippen LogP contribution in [-0.2, 0) is 9.59 Å². The van der Waals surface area contributed by atoms with Crippen molar-refractivity contribution in [3.05, 3.63) is 109 Å². The first-order valence-electron chi connectivity index (χ1n) is 14.7. The number of nitrogens with one attached hydrogen (secondary N) is 6. The van der Waals surface area contributed by atoms with Gasteiger partial charge >= 0.3 is 12.1 Å². The Labute approximate surface area is 261 Å². The number of carbonyl (C=O) groups is 4. The first-order chi connectivity index (χ1) is 22.0. The Morgan fingerprint density at radius 1 is 0.711 bits per heavy atom. The van der Waals surface area contributed by atoms with E-state index >= 15 is 0 Å². The smallest absolute Gasteiger partial charge is 0.319 e. The zero-order valence-corrected chi connectivity index (χ0v) is 24.6. The molecule has 6 N–H and O–H groups in total. The molecule has 5 amide bonds. The highest BCUT2D eigenvalue weighted by Crippen LogP contribution is 2.38. The average molecular weight is 606 g/mol. The molecule has 0 fully saturated rings. The van der Waals surface area contributed by atoms with E-state index in [-0.39, 0.29) is 24.9 Å². The van der Waals surface area contributed by atoms with Crippen LogP contribution in [0, 0.1) is 5.92 Å². The topological polar surface area (TPSA) is 144 Å². The zero-order valence-electron chi connectivity index (χ0n) is 24.6. The first kappa shape index (κ1) is 30.6. The van der Waals surface area contributed by atoms with Crippen LogP contribution in [0.15, 0.2) is 103 Å². The molecule has 230 valence electrons. The van der Waals surface area contributed by atoms with Crippen LogP contribution in [0.25, 0.3) is 6.08 Å². The number of hydrogen-bond acceptors (Lipinski definition) is 6. The van der Waals surface area contributed by atoms with Gasteiger partial charge < -0.3 is 36.8 Å². The molecule has 0 radical (unpaired) electrons. The van der Waals surface area contributed by atoms with Crippen LogP contribution >= 0.6 is 0 Å². The molecule has 0 aromatic heterocycles. The third kappa shape index (κ3) is 8.38. The van der Waals surface area contributed by atoms with Gasteiger partial charge in [-0.05, 0) is 48.0 Å². The average Bonchev–Trinajstić information content (AvgIpc) is 3.06. The highest BCUT2D eigenvalue weighted by molar-refractivity contribution is 6.09. The van der Waals surface area contributed by atoms with Gasteiger partial charge in [0.2, 0.25) is 5.91 Å². The second-order valence-corrected chi connectivity index (χ2v) is 10.3. The lowest BCUT2D eigenvalue weighted by atomic mass is 9.99. The Kier molecular flexibility index (Phi) is 10.2. The molecule has 1 atom stereocenters. The number of benzene rings is 3. The van der Waals surface area contributed by atoms with Gasteiger partial charge in [-0.3, -0.25) is 9.59 Å². The number of rotatable bonds is 11. The maximum atomic E-state index is 12.7. The number of nitrogens with zero attached hydrogens (tertiary/aromatic N) is 1. The molecule has 0 bridgehead atoms. The predicted octanol–water partition coefficient (Wildman–Crippen LogP) is 4.63. The summed E-state index contributed by atoms with van der Waals surface area (Å²) < 4.78 is 0. The number of hydrogen-bond donors (Lipinski definition) is 6. The fraction of sp³-hybridized carbons (Fsp3) is 0.176. The van der Waals surface area contributed by atoms with Gasteiger partial charge in [0.05, 0.1) is 11.4 Å². The van der Waals surface area contributed by atoms with Crippen LogP contribution < -0.4 is 36.8 Å². The highest BCUT2D eigenvalue weighted by Gasteiger charge is 2.23. The van der Waals surface area contributed by atoms with Crippen molar-refractivity contribution in [3.63, 3.8) is 0 Å². The minimum absolute atomic E-state index is 0.177. The summed E-state index contributed by atoms with van der Waals surface area (Å²) in [5.74, 6) is -1.52. The summed E-state index contributed by atoms with van der Waals surface area (Å²) in [7, 11) is 0. The summed E-state index contributed by atoms with van der Waals surface area (Å²) in [4.78, 5) is 51.3. The van der Waals surface area contributed by atoms with E-state index in [1.54, 1.807) is 24.3 Å². The van der Waals surface area contributed by atoms with Crippen molar-refractivity contribution in [2.24, 2.45) is 5.92 Å². The van der Waals surface area contributed by atoms with E-state index in [0.717, 1.165) is 22.6 Å². The number of allylic oxidation sites excluding steroid dienone is 3. The Morgan fingerprint density at radius 3 is 2.22 bits per heavy atom. The van der Waals surface area contributed by atoms with E-state index in [4.69, 9.17) is 0 Å². The van der Waals surface area contributed by atoms with Crippen LogP contribution in [0.2, 0.25) is 0 Å². The minimum atomic E-state index is -0.841. The van der Waals surface area contributed by atoms with E-state index in [0.29, 0.717) is 31.0 Å². The first-order valence-corrected chi connectivity index (χ1v) is 14.7. The molecular weight excluding hydrogens is 570 g/mol. The number of anilines is 5. The largest absolute Gasteiger partial charge is 0.382 e. The maximum absolute atomic E-state index is 12.7. The van der Waals surface area contributed by atoms with Crippen molar-refractivity contribution < 1.29 is 19.2 Å². The molecule has 1 aliphatic carbocycles. The summed E-state index contributed by atoms with van der Waals surface area (Å²) in [5, 5.41) is 17.3. The molecule has 0 saturated carbocycles. The molecular formula is C34H35N7O4. The Morgan fingerprint density at radius 2 is 1.42 bits per heavy atom. The summed E-state index contributed by atoms with van der Waals surface area (Å²) >= 11 is 0. The van der Waals surface area contributed by atoms with Crippen molar-refractivity contribution in [3.8, 4) is 0 Å². The molecule has 0 saturated heterocycles. The van der Waals surface area contributed by atoms with Gasteiger partial charge in [-0.1, -0.05) is 66.8 Å². The normalized spacial score (nSPS) is 14.7. The molecule has 2 aliphatic rings. The molecule has 0 spiro atoms. The van der Waals surface area contributed by atoms with Crippen LogP contribution in [0.5, 0.6) is 0 Å². The molecule has 1 heterocycles. The monoisotopic (exact) mass is 605 g/mol. The molecule has 1 aliphatic heterocycles. The fourth-order valence-electron chi connectivity index (χ4n) is 4.93. The lowest BCUT2D eigenvalue weighted by molar-refractivity contribution is -0.129. The lowest BCUT2D eigenvalue weighted by Gasteiger charge is -2.30. The lowest BCUT2D eigenvalue weighted by Crippen LogP contribution is -2.40. The molecule has 3 aromatic rings. The molecule has 3 aromatic carbocycles. The second-order valence-electron chi connectivity index (χ2n) is 10.3. The molecule has 1 unspecified atom stereocenters. The van der Waals surface area contributed by atoms with Crippen molar-refractivity contribution in [2.45, 2.75) is 0 Å². The summed E-state index contributed by atoms with van der Waals surface area (Å²) in [6.07, 6.45) is 10.3. The standard InChI is InChI=1S/C34H35N7O4/c42-31-15-7-5-13-27(31)32(43)36-19-21-38-34(45)40-26-16-17-28(35-18-20-37-33(44)39-25-11-2-1-3-12-25)30(23-26)41-22-8-10-24-9-4-6-14-29(24)41/h1-17,23,27,35H,18-22H2,(H,36,43)(H2,37,39,44)(H2,38,40,45). The third-order valence-corrected chi connectivity index (χ3v) is 7.09. The van der Waals surface area contributed by atoms with Crippen LogP contribution in [0.1, 0.15) is 5.56 Å². The van der Waals surface area contributed by atoms with Crippen molar-refractivity contribution in [2.75, 3.05) is 53.6 Å². The second kappa shape index (κ2) is 15.1. The van der Waals surface area contributed by atoms with E-state index in [1.165, 1.54) is 6.08 Å². The number of fused-ring (bicyclic) bond motifs is 1. The van der Waals surface area contributed by atoms with E-state index in [9.17, 15) is 19.2 Å². The van der Waals surface area contributed by atoms with Gasteiger partial charge in [-0.2, -0.15) is 0 Å². The fourth-order valence-corrected chi connectivity index (χ4v) is 4.93. The van der Waals surface area contributed by atoms with E-state index in [2.05, 4.69) is 49.0 Å². The number of amides is 5. The van der Waals surface area contributed by atoms with Gasteiger partial charge in [-0.25, -0.2) is 9.59 Å². The van der Waals surface area contributed by atoms with Crippen molar-refractivity contribution >= 4 is 58.3 Å². The van der Waals surface area contributed by atoms with Crippen molar-refractivity contribution in [1.29, 1.82) is 0 Å². The molecule has 45 heavy (non-hydrogen) atoms. The van der Waals surface area contributed by atoms with Gasteiger partial charge in [0.15, 0.2) is 5.78 Å². The maximum Gasteiger partial charge on any atom is 0.319 e. The minimum Gasteiger partial charge on any atom is -0.382 e.